The predicted molar refractivity (Wildman–Crippen MR) is 49.2 cm³/mol. The lowest BCUT2D eigenvalue weighted by Gasteiger charge is -2.20. The fourth-order valence-electron chi connectivity index (χ4n) is 1.25. The van der Waals surface area contributed by atoms with E-state index in [2.05, 4.69) is 0 Å². The first kappa shape index (κ1) is 12.8. The number of aliphatic hydroxyl groups excluding tert-OH is 4. The molecule has 0 rings (SSSR count). The standard InChI is InChI=1S/C9H20O4/c1-7(5-8(12)6-11)9(13)3-2-4-10/h7-13H,2-6H2,1H3. The lowest BCUT2D eigenvalue weighted by atomic mass is 9.95. The Morgan fingerprint density at radius 1 is 1.15 bits per heavy atom. The van der Waals surface area contributed by atoms with Gasteiger partial charge in [-0.25, -0.2) is 0 Å². The van der Waals surface area contributed by atoms with Gasteiger partial charge in [0.2, 0.25) is 0 Å². The van der Waals surface area contributed by atoms with E-state index in [1.807, 2.05) is 6.92 Å². The van der Waals surface area contributed by atoms with Gasteiger partial charge in [0.25, 0.3) is 0 Å². The van der Waals surface area contributed by atoms with Crippen LogP contribution < -0.4 is 0 Å². The van der Waals surface area contributed by atoms with Gasteiger partial charge in [-0.2, -0.15) is 0 Å². The minimum atomic E-state index is -0.751. The van der Waals surface area contributed by atoms with E-state index in [4.69, 9.17) is 15.3 Å². The van der Waals surface area contributed by atoms with Gasteiger partial charge < -0.3 is 20.4 Å². The van der Waals surface area contributed by atoms with Crippen molar-refractivity contribution in [3.8, 4) is 0 Å². The molecular weight excluding hydrogens is 172 g/mol. The van der Waals surface area contributed by atoms with Crippen LogP contribution in [0.5, 0.6) is 0 Å². The van der Waals surface area contributed by atoms with Gasteiger partial charge in [0.05, 0.1) is 18.8 Å². The highest BCUT2D eigenvalue weighted by Gasteiger charge is 2.17. The van der Waals surface area contributed by atoms with Gasteiger partial charge in [0.15, 0.2) is 0 Å². The van der Waals surface area contributed by atoms with Crippen LogP contribution in [0.2, 0.25) is 0 Å². The second-order valence-corrected chi connectivity index (χ2v) is 3.48. The molecule has 0 amide bonds. The molecule has 0 saturated carbocycles. The summed E-state index contributed by atoms with van der Waals surface area (Å²) in [5, 5.41) is 35.7. The van der Waals surface area contributed by atoms with Crippen molar-refractivity contribution in [2.45, 2.75) is 38.4 Å². The fraction of sp³-hybridized carbons (Fsp3) is 1.00. The molecule has 0 fully saturated rings. The quantitative estimate of drug-likeness (QED) is 0.438. The van der Waals surface area contributed by atoms with Gasteiger partial charge in [-0.05, 0) is 25.2 Å². The molecule has 3 atom stereocenters. The average Bonchev–Trinajstić information content (AvgIpc) is 2.13. The maximum absolute atomic E-state index is 9.49. The molecule has 0 aliphatic rings. The van der Waals surface area contributed by atoms with Crippen molar-refractivity contribution in [3.05, 3.63) is 0 Å². The highest BCUT2D eigenvalue weighted by molar-refractivity contribution is 4.68. The number of rotatable bonds is 7. The van der Waals surface area contributed by atoms with Crippen molar-refractivity contribution in [1.82, 2.24) is 0 Å². The second-order valence-electron chi connectivity index (χ2n) is 3.48. The van der Waals surface area contributed by atoms with Crippen LogP contribution in [0.25, 0.3) is 0 Å². The first-order valence-corrected chi connectivity index (χ1v) is 4.69. The van der Waals surface area contributed by atoms with Crippen LogP contribution in [0.4, 0.5) is 0 Å². The maximum Gasteiger partial charge on any atom is 0.0774 e. The van der Waals surface area contributed by atoms with E-state index in [1.54, 1.807) is 0 Å². The van der Waals surface area contributed by atoms with E-state index in [0.717, 1.165) is 0 Å². The molecule has 0 aliphatic carbocycles. The first-order chi connectivity index (χ1) is 6.11. The molecule has 0 aromatic rings. The molecule has 0 heterocycles. The van der Waals surface area contributed by atoms with Gasteiger partial charge in [-0.15, -0.1) is 0 Å². The van der Waals surface area contributed by atoms with Crippen LogP contribution in [-0.4, -0.2) is 45.8 Å². The van der Waals surface area contributed by atoms with Crippen LogP contribution in [0.1, 0.15) is 26.2 Å². The summed E-state index contributed by atoms with van der Waals surface area (Å²) < 4.78 is 0. The second kappa shape index (κ2) is 7.26. The summed E-state index contributed by atoms with van der Waals surface area (Å²) >= 11 is 0. The Bertz CT molecular complexity index is 118. The van der Waals surface area contributed by atoms with Gasteiger partial charge in [0.1, 0.15) is 0 Å². The van der Waals surface area contributed by atoms with E-state index < -0.39 is 12.2 Å². The molecule has 0 saturated heterocycles. The van der Waals surface area contributed by atoms with Gasteiger partial charge in [-0.3, -0.25) is 0 Å². The Labute approximate surface area is 78.8 Å². The van der Waals surface area contributed by atoms with Crippen molar-refractivity contribution < 1.29 is 20.4 Å². The SMILES string of the molecule is CC(CC(O)CO)C(O)CCCO. The predicted octanol–water partition coefficient (Wildman–Crippen LogP) is -0.501. The van der Waals surface area contributed by atoms with Crippen molar-refractivity contribution >= 4 is 0 Å². The normalized spacial score (nSPS) is 18.2. The zero-order valence-corrected chi connectivity index (χ0v) is 8.06. The molecule has 13 heavy (non-hydrogen) atoms. The molecule has 0 spiro atoms. The molecule has 4 N–H and O–H groups in total. The Morgan fingerprint density at radius 3 is 2.23 bits per heavy atom. The lowest BCUT2D eigenvalue weighted by Crippen LogP contribution is -2.24. The van der Waals surface area contributed by atoms with Crippen LogP contribution >= 0.6 is 0 Å². The molecular formula is C9H20O4. The molecule has 4 heteroatoms. The third-order valence-corrected chi connectivity index (χ3v) is 2.17. The van der Waals surface area contributed by atoms with E-state index in [-0.39, 0.29) is 19.1 Å². The highest BCUT2D eigenvalue weighted by Crippen LogP contribution is 2.14. The van der Waals surface area contributed by atoms with E-state index in [9.17, 15) is 5.11 Å². The minimum Gasteiger partial charge on any atom is -0.396 e. The largest absolute Gasteiger partial charge is 0.396 e. The third kappa shape index (κ3) is 5.99. The van der Waals surface area contributed by atoms with E-state index >= 15 is 0 Å². The Kier molecular flexibility index (Phi) is 7.17. The third-order valence-electron chi connectivity index (χ3n) is 2.17. The zero-order valence-electron chi connectivity index (χ0n) is 8.06. The molecule has 0 radical (unpaired) electrons. The molecule has 0 aromatic heterocycles. The van der Waals surface area contributed by atoms with Crippen LogP contribution in [0.3, 0.4) is 0 Å². The molecule has 3 unspecified atom stereocenters. The number of hydrogen-bond donors (Lipinski definition) is 4. The topological polar surface area (TPSA) is 80.9 Å². The highest BCUT2D eigenvalue weighted by atomic mass is 16.3. The van der Waals surface area contributed by atoms with Crippen LogP contribution in [0.15, 0.2) is 0 Å². The molecule has 0 aromatic carbocycles. The molecule has 80 valence electrons. The Morgan fingerprint density at radius 2 is 1.77 bits per heavy atom. The minimum absolute atomic E-state index is 0.0475. The summed E-state index contributed by atoms with van der Waals surface area (Å²) in [6, 6.07) is 0. The first-order valence-electron chi connectivity index (χ1n) is 4.69. The summed E-state index contributed by atoms with van der Waals surface area (Å²) in [5.41, 5.74) is 0. The number of hydrogen-bond acceptors (Lipinski definition) is 4. The fourth-order valence-corrected chi connectivity index (χ4v) is 1.25. The Balaban J connectivity index is 3.61. The van der Waals surface area contributed by atoms with Crippen molar-refractivity contribution in [1.29, 1.82) is 0 Å². The van der Waals surface area contributed by atoms with Crippen LogP contribution in [0, 0.1) is 5.92 Å². The molecule has 0 aliphatic heterocycles. The Hall–Kier alpha value is -0.160. The van der Waals surface area contributed by atoms with Crippen molar-refractivity contribution in [2.24, 2.45) is 5.92 Å². The van der Waals surface area contributed by atoms with Gasteiger partial charge in [-0.1, -0.05) is 6.92 Å². The summed E-state index contributed by atoms with van der Waals surface area (Å²) in [5.74, 6) is -0.0475. The van der Waals surface area contributed by atoms with Gasteiger partial charge >= 0.3 is 0 Å². The maximum atomic E-state index is 9.49. The van der Waals surface area contributed by atoms with Crippen molar-refractivity contribution in [2.75, 3.05) is 13.2 Å². The summed E-state index contributed by atoms with van der Waals surface area (Å²) in [6.45, 7) is 1.63. The van der Waals surface area contributed by atoms with E-state index in [0.29, 0.717) is 19.3 Å². The van der Waals surface area contributed by atoms with Gasteiger partial charge in [0, 0.05) is 6.61 Å². The molecule has 0 bridgehead atoms. The summed E-state index contributed by atoms with van der Waals surface area (Å²) in [4.78, 5) is 0. The summed E-state index contributed by atoms with van der Waals surface area (Å²) in [7, 11) is 0. The van der Waals surface area contributed by atoms with E-state index in [1.165, 1.54) is 0 Å². The lowest BCUT2D eigenvalue weighted by molar-refractivity contribution is 0.0347. The average molecular weight is 192 g/mol. The summed E-state index contributed by atoms with van der Waals surface area (Å²) in [6.07, 6.45) is 0.242. The monoisotopic (exact) mass is 192 g/mol. The molecule has 4 nitrogen and oxygen atoms in total. The number of aliphatic hydroxyl groups is 4. The smallest absolute Gasteiger partial charge is 0.0774 e. The van der Waals surface area contributed by atoms with Crippen molar-refractivity contribution in [3.63, 3.8) is 0 Å². The zero-order chi connectivity index (χ0) is 10.3. The van der Waals surface area contributed by atoms with Crippen LogP contribution in [-0.2, 0) is 0 Å².